The summed E-state index contributed by atoms with van der Waals surface area (Å²) in [5.74, 6) is 0.729. The Labute approximate surface area is 230 Å². The van der Waals surface area contributed by atoms with Crippen molar-refractivity contribution >= 4 is 51.5 Å². The highest BCUT2D eigenvalue weighted by Gasteiger charge is 2.32. The summed E-state index contributed by atoms with van der Waals surface area (Å²) in [7, 11) is 4.75. The Balaban J connectivity index is 1.58. The van der Waals surface area contributed by atoms with Crippen molar-refractivity contribution in [1.29, 1.82) is 0 Å². The van der Waals surface area contributed by atoms with Gasteiger partial charge in [0.2, 0.25) is 17.7 Å². The molecule has 2 aliphatic heterocycles. The van der Waals surface area contributed by atoms with Crippen LogP contribution in [-0.2, 0) is 15.8 Å². The number of carbonyl (C=O) groups is 1. The lowest BCUT2D eigenvalue weighted by Crippen LogP contribution is -2.54. The zero-order valence-electron chi connectivity index (χ0n) is 22.1. The van der Waals surface area contributed by atoms with Crippen molar-refractivity contribution in [1.82, 2.24) is 19.2 Å². The highest BCUT2D eigenvalue weighted by molar-refractivity contribution is 7.81. The number of halogens is 1. The molecule has 2 aromatic rings. The molecule has 2 N–H and O–H groups in total. The molecule has 1 unspecified atom stereocenters. The molecule has 0 radical (unpaired) electrons. The molecule has 2 fully saturated rings. The Morgan fingerprint density at radius 2 is 1.97 bits per heavy atom. The molecule has 2 aliphatic rings. The van der Waals surface area contributed by atoms with Crippen LogP contribution < -0.4 is 25.0 Å². The van der Waals surface area contributed by atoms with Gasteiger partial charge >= 0.3 is 0 Å². The quantitative estimate of drug-likeness (QED) is 0.421. The van der Waals surface area contributed by atoms with Gasteiger partial charge in [-0.2, -0.15) is 4.98 Å². The van der Waals surface area contributed by atoms with E-state index in [9.17, 15) is 9.00 Å². The number of aromatic nitrogens is 2. The van der Waals surface area contributed by atoms with Crippen LogP contribution in [0.4, 0.5) is 23.0 Å². The van der Waals surface area contributed by atoms with Gasteiger partial charge in [-0.25, -0.2) is 13.5 Å². The molecule has 38 heavy (non-hydrogen) atoms. The van der Waals surface area contributed by atoms with Gasteiger partial charge in [0.15, 0.2) is 0 Å². The van der Waals surface area contributed by atoms with Crippen LogP contribution in [0.2, 0.25) is 5.02 Å². The topological polar surface area (TPSA) is 112 Å². The fourth-order valence-corrected chi connectivity index (χ4v) is 5.35. The first-order valence-electron chi connectivity index (χ1n) is 12.3. The summed E-state index contributed by atoms with van der Waals surface area (Å²) in [6.45, 7) is 6.33. The average Bonchev–Trinajstić information content (AvgIpc) is 2.87. The molecule has 0 aliphatic carbocycles. The van der Waals surface area contributed by atoms with Crippen molar-refractivity contribution in [3.8, 4) is 11.6 Å². The van der Waals surface area contributed by atoms with Gasteiger partial charge in [-0.3, -0.25) is 4.79 Å². The van der Waals surface area contributed by atoms with Crippen LogP contribution in [0.25, 0.3) is 0 Å². The van der Waals surface area contributed by atoms with Crippen molar-refractivity contribution in [3.63, 3.8) is 0 Å². The van der Waals surface area contributed by atoms with Gasteiger partial charge in [0.1, 0.15) is 16.9 Å². The van der Waals surface area contributed by atoms with Gasteiger partial charge in [0.25, 0.3) is 0 Å². The lowest BCUT2D eigenvalue weighted by atomic mass is 10.0. The molecule has 0 saturated carbocycles. The number of nitrogens with zero attached hydrogens (tertiary/aromatic N) is 5. The highest BCUT2D eigenvalue weighted by Crippen LogP contribution is 2.39. The largest absolute Gasteiger partial charge is 0.494 e. The third kappa shape index (κ3) is 6.55. The van der Waals surface area contributed by atoms with E-state index in [0.29, 0.717) is 36.3 Å². The maximum absolute atomic E-state index is 12.3. The number of carbonyl (C=O) groups excluding carboxylic acids is 1. The van der Waals surface area contributed by atoms with E-state index in [2.05, 4.69) is 51.1 Å². The minimum atomic E-state index is -1.04. The minimum absolute atomic E-state index is 0.162. The predicted octanol–water partition coefficient (Wildman–Crippen LogP) is 2.89. The standard InChI is InChI=1S/C25H34ClN7O4S/c1-6-23(34)28-19-11-20(22(36-4)12-21(19)32-9-7-16(8-10-32)31(2)3)29-25-27-13-18(26)24(30-25)37-17-14-33(15-17)38(5)35/h6,11-13,16-17H,1,7-10,14-15H2,2-5H3,(H,28,34)(H,27,29,30). The molecule has 1 atom stereocenters. The molecule has 1 aromatic heterocycles. The molecule has 3 heterocycles. The van der Waals surface area contributed by atoms with E-state index in [1.54, 1.807) is 23.7 Å². The van der Waals surface area contributed by atoms with E-state index in [4.69, 9.17) is 21.1 Å². The number of nitrogens with one attached hydrogen (secondary N) is 2. The number of rotatable bonds is 10. The Bertz CT molecular complexity index is 1200. The maximum atomic E-state index is 12.3. The summed E-state index contributed by atoms with van der Waals surface area (Å²) >= 11 is 6.28. The molecule has 0 spiro atoms. The molecule has 0 bridgehead atoms. The molecule has 13 heteroatoms. The van der Waals surface area contributed by atoms with Crippen molar-refractivity contribution in [2.24, 2.45) is 0 Å². The summed E-state index contributed by atoms with van der Waals surface area (Å²) in [6.07, 6.45) is 6.19. The number of ether oxygens (including phenoxy) is 2. The van der Waals surface area contributed by atoms with E-state index >= 15 is 0 Å². The lowest BCUT2D eigenvalue weighted by Gasteiger charge is -2.37. The van der Waals surface area contributed by atoms with E-state index in [0.717, 1.165) is 31.6 Å². The van der Waals surface area contributed by atoms with Crippen molar-refractivity contribution in [2.45, 2.75) is 25.0 Å². The Morgan fingerprint density at radius 1 is 1.26 bits per heavy atom. The van der Waals surface area contributed by atoms with Crippen molar-refractivity contribution in [3.05, 3.63) is 36.0 Å². The van der Waals surface area contributed by atoms with Crippen LogP contribution in [0.5, 0.6) is 11.6 Å². The number of piperidine rings is 1. The minimum Gasteiger partial charge on any atom is -0.494 e. The van der Waals surface area contributed by atoms with Crippen LogP contribution in [0.1, 0.15) is 12.8 Å². The van der Waals surface area contributed by atoms with Crippen LogP contribution >= 0.6 is 11.6 Å². The van der Waals surface area contributed by atoms with E-state index in [-0.39, 0.29) is 28.9 Å². The fourth-order valence-electron chi connectivity index (χ4n) is 4.46. The predicted molar refractivity (Wildman–Crippen MR) is 151 cm³/mol. The van der Waals surface area contributed by atoms with E-state index in [1.807, 2.05) is 6.07 Å². The molecular formula is C25H34ClN7O4S. The Hall–Kier alpha value is -2.93. The summed E-state index contributed by atoms with van der Waals surface area (Å²) in [5.41, 5.74) is 2.04. The third-order valence-corrected chi connectivity index (χ3v) is 8.00. The zero-order chi connectivity index (χ0) is 27.4. The second-order valence-electron chi connectivity index (χ2n) is 9.43. The number of hydrogen-bond donors (Lipinski definition) is 2. The number of methoxy groups -OCH3 is 1. The summed E-state index contributed by atoms with van der Waals surface area (Å²) in [5, 5.41) is 6.36. The van der Waals surface area contributed by atoms with E-state index in [1.165, 1.54) is 12.3 Å². The number of hydrogen-bond acceptors (Lipinski definition) is 9. The number of anilines is 4. The Kier molecular flexibility index (Phi) is 9.08. The first kappa shape index (κ1) is 28.1. The second-order valence-corrected chi connectivity index (χ2v) is 11.2. The molecule has 4 rings (SSSR count). The van der Waals surface area contributed by atoms with Gasteiger partial charge < -0.3 is 29.9 Å². The van der Waals surface area contributed by atoms with Crippen molar-refractivity contribution < 1.29 is 18.5 Å². The normalized spacial score (nSPS) is 17.6. The van der Waals surface area contributed by atoms with Crippen LogP contribution in [0, 0.1) is 0 Å². The summed E-state index contributed by atoms with van der Waals surface area (Å²) in [6, 6.07) is 4.22. The second kappa shape index (κ2) is 12.3. The first-order chi connectivity index (χ1) is 18.2. The van der Waals surface area contributed by atoms with Crippen LogP contribution in [0.3, 0.4) is 0 Å². The first-order valence-corrected chi connectivity index (χ1v) is 14.2. The Morgan fingerprint density at radius 3 is 2.58 bits per heavy atom. The number of benzene rings is 1. The van der Waals surface area contributed by atoms with Gasteiger partial charge in [-0.15, -0.1) is 0 Å². The molecule has 1 amide bonds. The smallest absolute Gasteiger partial charge is 0.247 e. The summed E-state index contributed by atoms with van der Waals surface area (Å²) < 4.78 is 24.9. The van der Waals surface area contributed by atoms with Gasteiger partial charge in [0, 0.05) is 44.5 Å². The van der Waals surface area contributed by atoms with Crippen molar-refractivity contribution in [2.75, 3.05) is 69.2 Å². The summed E-state index contributed by atoms with van der Waals surface area (Å²) in [4.78, 5) is 25.5. The SMILES string of the molecule is C=CC(=O)Nc1cc(Nc2ncc(Cl)c(OC3CN(S(C)=O)C3)n2)c(OC)cc1N1CCC(N(C)C)CC1. The fraction of sp³-hybridized carbons (Fsp3) is 0.480. The molecule has 11 nitrogen and oxygen atoms in total. The zero-order valence-corrected chi connectivity index (χ0v) is 23.6. The van der Waals surface area contributed by atoms with Crippen LogP contribution in [-0.4, -0.2) is 95.1 Å². The third-order valence-electron chi connectivity index (χ3n) is 6.71. The number of amides is 1. The highest BCUT2D eigenvalue weighted by atomic mass is 35.5. The van der Waals surface area contributed by atoms with Gasteiger partial charge in [-0.05, 0) is 39.1 Å². The molecule has 2 saturated heterocycles. The van der Waals surface area contributed by atoms with Crippen LogP contribution in [0.15, 0.2) is 31.0 Å². The monoisotopic (exact) mass is 563 g/mol. The maximum Gasteiger partial charge on any atom is 0.247 e. The lowest BCUT2D eigenvalue weighted by molar-refractivity contribution is -0.111. The average molecular weight is 564 g/mol. The molecule has 206 valence electrons. The van der Waals surface area contributed by atoms with Gasteiger partial charge in [0.05, 0.1) is 41.4 Å². The van der Waals surface area contributed by atoms with Gasteiger partial charge in [-0.1, -0.05) is 18.2 Å². The van der Waals surface area contributed by atoms with E-state index < -0.39 is 11.0 Å². The molecular weight excluding hydrogens is 530 g/mol. The molecule has 1 aromatic carbocycles.